The SMILES string of the molecule is C/C1=C(NC2C=CC(c3ccccc3)CC2)\C=C/CN(c2ccc(C3CC=CCC3)cc2)CCCCC1C. The summed E-state index contributed by atoms with van der Waals surface area (Å²) in [5.41, 5.74) is 7.12. The maximum atomic E-state index is 3.93. The zero-order chi connectivity index (χ0) is 26.2. The Bertz CT molecular complexity index is 1140. The molecule has 0 fully saturated rings. The molecule has 2 heteroatoms. The molecule has 1 N–H and O–H groups in total. The van der Waals surface area contributed by atoms with Gasteiger partial charge in [-0.15, -0.1) is 0 Å². The second-order valence-corrected chi connectivity index (χ2v) is 11.6. The lowest BCUT2D eigenvalue weighted by Gasteiger charge is -2.27. The zero-order valence-electron chi connectivity index (χ0n) is 23.5. The van der Waals surface area contributed by atoms with Gasteiger partial charge in [-0.25, -0.2) is 0 Å². The summed E-state index contributed by atoms with van der Waals surface area (Å²) in [7, 11) is 0. The van der Waals surface area contributed by atoms with E-state index in [1.165, 1.54) is 79.5 Å². The van der Waals surface area contributed by atoms with Crippen molar-refractivity contribution in [2.45, 2.75) is 83.1 Å². The van der Waals surface area contributed by atoms with Crippen LogP contribution in [0, 0.1) is 5.92 Å². The van der Waals surface area contributed by atoms with E-state index in [0.717, 1.165) is 13.1 Å². The van der Waals surface area contributed by atoms with Gasteiger partial charge in [0.15, 0.2) is 0 Å². The van der Waals surface area contributed by atoms with Crippen LogP contribution < -0.4 is 10.2 Å². The number of hydrogen-bond donors (Lipinski definition) is 1. The van der Waals surface area contributed by atoms with Crippen LogP contribution in [0.3, 0.4) is 0 Å². The fraction of sp³-hybridized carbons (Fsp3) is 0.444. The van der Waals surface area contributed by atoms with Gasteiger partial charge in [-0.3, -0.25) is 0 Å². The van der Waals surface area contributed by atoms with E-state index >= 15 is 0 Å². The number of allylic oxidation sites excluding steroid dienone is 5. The molecule has 1 aliphatic heterocycles. The third-order valence-corrected chi connectivity index (χ3v) is 9.02. The number of nitrogens with one attached hydrogen (secondary N) is 1. The fourth-order valence-electron chi connectivity index (χ4n) is 6.32. The minimum Gasteiger partial charge on any atom is -0.379 e. The van der Waals surface area contributed by atoms with Crippen molar-refractivity contribution in [2.75, 3.05) is 18.0 Å². The Morgan fingerprint density at radius 2 is 1.63 bits per heavy atom. The Kier molecular flexibility index (Phi) is 9.23. The largest absolute Gasteiger partial charge is 0.379 e. The van der Waals surface area contributed by atoms with Gasteiger partial charge in [0.25, 0.3) is 0 Å². The predicted octanol–water partition coefficient (Wildman–Crippen LogP) is 9.06. The van der Waals surface area contributed by atoms with Crippen LogP contribution in [0.5, 0.6) is 0 Å². The summed E-state index contributed by atoms with van der Waals surface area (Å²) >= 11 is 0. The molecule has 2 aromatic carbocycles. The lowest BCUT2D eigenvalue weighted by Crippen LogP contribution is -2.30. The molecule has 0 saturated carbocycles. The first-order valence-electron chi connectivity index (χ1n) is 15.0. The maximum Gasteiger partial charge on any atom is 0.0444 e. The van der Waals surface area contributed by atoms with Crippen LogP contribution in [-0.2, 0) is 0 Å². The second-order valence-electron chi connectivity index (χ2n) is 11.6. The van der Waals surface area contributed by atoms with E-state index in [1.807, 2.05) is 0 Å². The van der Waals surface area contributed by atoms with Crippen molar-refractivity contribution in [1.29, 1.82) is 0 Å². The van der Waals surface area contributed by atoms with Crippen molar-refractivity contribution in [2.24, 2.45) is 5.92 Å². The molecule has 2 aromatic rings. The monoisotopic (exact) mass is 506 g/mol. The predicted molar refractivity (Wildman–Crippen MR) is 164 cm³/mol. The van der Waals surface area contributed by atoms with Crippen molar-refractivity contribution in [1.82, 2.24) is 5.32 Å². The molecule has 200 valence electrons. The molecule has 38 heavy (non-hydrogen) atoms. The van der Waals surface area contributed by atoms with Crippen molar-refractivity contribution in [3.05, 3.63) is 113 Å². The van der Waals surface area contributed by atoms with Crippen LogP contribution >= 0.6 is 0 Å². The van der Waals surface area contributed by atoms with Gasteiger partial charge >= 0.3 is 0 Å². The molecular formula is C36H46N2. The summed E-state index contributed by atoms with van der Waals surface area (Å²) in [6, 6.07) is 20.8. The zero-order valence-corrected chi connectivity index (χ0v) is 23.5. The Balaban J connectivity index is 1.26. The highest BCUT2D eigenvalue weighted by Gasteiger charge is 2.19. The van der Waals surface area contributed by atoms with Crippen LogP contribution in [0.1, 0.15) is 88.2 Å². The summed E-state index contributed by atoms with van der Waals surface area (Å²) < 4.78 is 0. The van der Waals surface area contributed by atoms with E-state index in [-0.39, 0.29) is 0 Å². The molecule has 4 atom stereocenters. The normalized spacial score (nSPS) is 29.5. The third kappa shape index (κ3) is 6.90. The van der Waals surface area contributed by atoms with Crippen molar-refractivity contribution < 1.29 is 0 Å². The molecule has 1 heterocycles. The number of benzene rings is 2. The molecule has 0 bridgehead atoms. The molecule has 2 aliphatic carbocycles. The summed E-state index contributed by atoms with van der Waals surface area (Å²) in [4.78, 5) is 2.56. The van der Waals surface area contributed by atoms with Crippen molar-refractivity contribution in [3.63, 3.8) is 0 Å². The van der Waals surface area contributed by atoms with E-state index in [0.29, 0.717) is 23.8 Å². The Labute approximate surface area is 231 Å². The quantitative estimate of drug-likeness (QED) is 0.407. The third-order valence-electron chi connectivity index (χ3n) is 9.02. The summed E-state index contributed by atoms with van der Waals surface area (Å²) in [5, 5.41) is 3.93. The van der Waals surface area contributed by atoms with Crippen LogP contribution in [0.25, 0.3) is 0 Å². The first-order valence-corrected chi connectivity index (χ1v) is 15.0. The summed E-state index contributed by atoms with van der Waals surface area (Å²) in [5.74, 6) is 1.83. The van der Waals surface area contributed by atoms with Gasteiger partial charge in [0, 0.05) is 36.4 Å². The molecule has 3 aliphatic rings. The van der Waals surface area contributed by atoms with E-state index in [2.05, 4.69) is 115 Å². The van der Waals surface area contributed by atoms with E-state index in [1.54, 1.807) is 0 Å². The topological polar surface area (TPSA) is 15.3 Å². The van der Waals surface area contributed by atoms with Crippen LogP contribution in [0.15, 0.2) is 102 Å². The highest BCUT2D eigenvalue weighted by Crippen LogP contribution is 2.31. The molecular weight excluding hydrogens is 460 g/mol. The van der Waals surface area contributed by atoms with E-state index < -0.39 is 0 Å². The van der Waals surface area contributed by atoms with Crippen LogP contribution in [0.4, 0.5) is 5.69 Å². The molecule has 0 radical (unpaired) electrons. The van der Waals surface area contributed by atoms with Crippen molar-refractivity contribution in [3.8, 4) is 0 Å². The lowest BCUT2D eigenvalue weighted by molar-refractivity contribution is 0.523. The summed E-state index contributed by atoms with van der Waals surface area (Å²) in [6.45, 7) is 6.82. The molecule has 0 aromatic heterocycles. The van der Waals surface area contributed by atoms with Crippen LogP contribution in [0.2, 0.25) is 0 Å². The van der Waals surface area contributed by atoms with Gasteiger partial charge < -0.3 is 10.2 Å². The highest BCUT2D eigenvalue weighted by molar-refractivity contribution is 5.49. The number of rotatable bonds is 5. The van der Waals surface area contributed by atoms with E-state index in [9.17, 15) is 0 Å². The number of hydrogen-bond acceptors (Lipinski definition) is 2. The first-order chi connectivity index (χ1) is 18.7. The Hall–Kier alpha value is -3.00. The maximum absolute atomic E-state index is 3.93. The van der Waals surface area contributed by atoms with Gasteiger partial charge in [0.05, 0.1) is 0 Å². The lowest BCUT2D eigenvalue weighted by atomic mass is 9.87. The highest BCUT2D eigenvalue weighted by atomic mass is 15.1. The number of anilines is 1. The van der Waals surface area contributed by atoms with Gasteiger partial charge in [-0.2, -0.15) is 0 Å². The molecule has 0 spiro atoms. The Morgan fingerprint density at radius 3 is 2.37 bits per heavy atom. The summed E-state index contributed by atoms with van der Waals surface area (Å²) in [6.07, 6.45) is 24.1. The van der Waals surface area contributed by atoms with Gasteiger partial charge in [0.1, 0.15) is 0 Å². The minimum absolute atomic E-state index is 0.403. The molecule has 5 rings (SSSR count). The fourth-order valence-corrected chi connectivity index (χ4v) is 6.32. The number of nitrogens with zero attached hydrogens (tertiary/aromatic N) is 1. The average molecular weight is 507 g/mol. The molecule has 2 nitrogen and oxygen atoms in total. The molecule has 0 saturated heterocycles. The smallest absolute Gasteiger partial charge is 0.0444 e. The van der Waals surface area contributed by atoms with Gasteiger partial charge in [-0.1, -0.05) is 86.2 Å². The standard InChI is InChI=1S/C36H46N2/c1-28-12-9-10-26-38(35-24-20-33(21-25-35)31-15-7-4-8-16-31)27-11-17-36(29(28)2)37-34-22-18-32(19-23-34)30-13-5-3-6-14-30/h3-7,11,13-14,17-18,20-22,24-25,28,31-32,34,37H,8-10,12,15-16,19,23,26-27H2,1-2H3/b17-11-,36-29-. The Morgan fingerprint density at radius 1 is 0.789 bits per heavy atom. The van der Waals surface area contributed by atoms with Crippen LogP contribution in [-0.4, -0.2) is 19.1 Å². The second kappa shape index (κ2) is 13.2. The first kappa shape index (κ1) is 26.6. The molecule has 0 amide bonds. The van der Waals surface area contributed by atoms with E-state index in [4.69, 9.17) is 0 Å². The van der Waals surface area contributed by atoms with Crippen molar-refractivity contribution >= 4 is 5.69 Å². The minimum atomic E-state index is 0.403. The van der Waals surface area contributed by atoms with Gasteiger partial charge in [0.2, 0.25) is 0 Å². The average Bonchev–Trinajstić information content (AvgIpc) is 3.01. The van der Waals surface area contributed by atoms with Gasteiger partial charge in [-0.05, 0) is 98.6 Å². The molecule has 4 unspecified atom stereocenters.